The lowest BCUT2D eigenvalue weighted by Crippen LogP contribution is -2.65. The molecule has 46 heavy (non-hydrogen) atoms. The average Bonchev–Trinajstić information content (AvgIpc) is 3.98. The van der Waals surface area contributed by atoms with Crippen molar-refractivity contribution < 1.29 is 38.1 Å². The second-order valence-corrected chi connectivity index (χ2v) is 15.8. The highest BCUT2D eigenvalue weighted by Gasteiger charge is 2.73. The third-order valence-electron chi connectivity index (χ3n) is 13.1. The van der Waals surface area contributed by atoms with Gasteiger partial charge in [-0.1, -0.05) is 38.8 Å². The smallest absolute Gasteiger partial charge is 0.338 e. The summed E-state index contributed by atoms with van der Waals surface area (Å²) in [5, 5.41) is 0. The standard InChI is InChI=1S/C37H45NO8/c1-20(2)26-15-37-13-10-27-35(3,11-5-12-36(27,4)34(42)46-19-24-17-44-24)28(37)14-25(26)29-30(37)32(40)38(31(29)39)22-8-6-21(7-9-22)33(41)45-18-23-16-43-23/h6-9,15,20,23-25,27-30H,5,10-14,16-19H2,1-4H3. The zero-order valence-electron chi connectivity index (χ0n) is 27.3. The van der Waals surface area contributed by atoms with Crippen molar-refractivity contribution in [2.24, 2.45) is 51.8 Å². The van der Waals surface area contributed by atoms with Gasteiger partial charge in [-0.15, -0.1) is 0 Å². The Morgan fingerprint density at radius 1 is 0.935 bits per heavy atom. The normalized spacial score (nSPS) is 41.8. The van der Waals surface area contributed by atoms with Crippen LogP contribution in [0.1, 0.15) is 76.6 Å². The Hall–Kier alpha value is -3.04. The highest BCUT2D eigenvalue weighted by molar-refractivity contribution is 6.23. The zero-order chi connectivity index (χ0) is 32.2. The van der Waals surface area contributed by atoms with Crippen LogP contribution in [0.5, 0.6) is 0 Å². The van der Waals surface area contributed by atoms with Crippen LogP contribution in [0.25, 0.3) is 0 Å². The average molecular weight is 632 g/mol. The largest absolute Gasteiger partial charge is 0.462 e. The van der Waals surface area contributed by atoms with E-state index in [1.807, 2.05) is 0 Å². The van der Waals surface area contributed by atoms with Gasteiger partial charge in [0.1, 0.15) is 25.4 Å². The highest BCUT2D eigenvalue weighted by Crippen LogP contribution is 2.74. The fraction of sp³-hybridized carbons (Fsp3) is 0.676. The molecule has 9 heteroatoms. The number of fused-ring (bicyclic) bond motifs is 1. The van der Waals surface area contributed by atoms with Gasteiger partial charge >= 0.3 is 11.9 Å². The summed E-state index contributed by atoms with van der Waals surface area (Å²) in [4.78, 5) is 56.6. The molecule has 2 bridgehead atoms. The lowest BCUT2D eigenvalue weighted by atomic mass is 9.34. The summed E-state index contributed by atoms with van der Waals surface area (Å²) in [5.41, 5.74) is 0.996. The molecular weight excluding hydrogens is 586 g/mol. The molecule has 0 N–H and O–H groups in total. The molecule has 246 valence electrons. The molecule has 1 aromatic carbocycles. The van der Waals surface area contributed by atoms with Crippen molar-refractivity contribution in [3.8, 4) is 0 Å². The molecule has 3 heterocycles. The summed E-state index contributed by atoms with van der Waals surface area (Å²) in [6, 6.07) is 6.64. The Balaban J connectivity index is 1.11. The number of nitrogens with zero attached hydrogens (tertiary/aromatic N) is 1. The van der Waals surface area contributed by atoms with Gasteiger partial charge in [0.2, 0.25) is 11.8 Å². The summed E-state index contributed by atoms with van der Waals surface area (Å²) in [6.45, 7) is 10.7. The van der Waals surface area contributed by atoms with Gasteiger partial charge in [-0.2, -0.15) is 0 Å². The highest BCUT2D eigenvalue weighted by atomic mass is 16.6. The number of carbonyl (C=O) groups excluding carboxylic acids is 4. The summed E-state index contributed by atoms with van der Waals surface area (Å²) in [7, 11) is 0. The van der Waals surface area contributed by atoms with E-state index in [0.717, 1.165) is 38.5 Å². The molecule has 3 saturated heterocycles. The Labute approximate surface area is 270 Å². The van der Waals surface area contributed by atoms with Crippen LogP contribution in [0.2, 0.25) is 0 Å². The number of amides is 2. The zero-order valence-corrected chi connectivity index (χ0v) is 27.3. The van der Waals surface area contributed by atoms with Crippen LogP contribution in [-0.2, 0) is 33.3 Å². The van der Waals surface area contributed by atoms with E-state index in [9.17, 15) is 19.2 Å². The van der Waals surface area contributed by atoms with E-state index < -0.39 is 28.6 Å². The number of carbonyl (C=O) groups is 4. The number of epoxide rings is 2. The van der Waals surface area contributed by atoms with Crippen molar-refractivity contribution >= 4 is 29.4 Å². The quantitative estimate of drug-likeness (QED) is 0.168. The van der Waals surface area contributed by atoms with Crippen LogP contribution in [0.3, 0.4) is 0 Å². The van der Waals surface area contributed by atoms with Crippen molar-refractivity contribution in [3.63, 3.8) is 0 Å². The first-order valence-corrected chi connectivity index (χ1v) is 17.3. The number of allylic oxidation sites excluding steroid dienone is 2. The molecule has 10 unspecified atom stereocenters. The SMILES string of the molecule is CC(C)C1=CC23CCC4C(C)(C(=O)OCC5CO5)CCCC4(C)C2CC1C1C(=O)N(c2ccc(C(=O)OCC4CO4)cc2)C(=O)C13. The molecule has 1 aromatic rings. The summed E-state index contributed by atoms with van der Waals surface area (Å²) in [5.74, 6) is -1.05. The van der Waals surface area contributed by atoms with Gasteiger partial charge in [0.15, 0.2) is 0 Å². The number of benzene rings is 1. The lowest BCUT2D eigenvalue weighted by Gasteiger charge is -2.68. The number of ether oxygens (including phenoxy) is 4. The number of esters is 2. The van der Waals surface area contributed by atoms with Crippen LogP contribution in [0.15, 0.2) is 35.9 Å². The van der Waals surface area contributed by atoms with Gasteiger partial charge in [-0.05, 0) is 92.4 Å². The van der Waals surface area contributed by atoms with Gasteiger partial charge in [-0.25, -0.2) is 4.79 Å². The Kier molecular flexibility index (Phi) is 6.90. The van der Waals surface area contributed by atoms with Crippen molar-refractivity contribution in [2.75, 3.05) is 31.3 Å². The molecule has 9 nitrogen and oxygen atoms in total. The van der Waals surface area contributed by atoms with Gasteiger partial charge in [0.05, 0.1) is 41.7 Å². The number of imide groups is 1. The van der Waals surface area contributed by atoms with E-state index in [2.05, 4.69) is 33.8 Å². The second-order valence-electron chi connectivity index (χ2n) is 15.8. The number of hydrogen-bond donors (Lipinski definition) is 0. The number of hydrogen-bond acceptors (Lipinski definition) is 8. The van der Waals surface area contributed by atoms with E-state index in [1.165, 1.54) is 10.5 Å². The first kappa shape index (κ1) is 30.3. The molecule has 2 amide bonds. The maximum absolute atomic E-state index is 14.6. The monoisotopic (exact) mass is 631 g/mol. The topological polar surface area (TPSA) is 115 Å². The minimum atomic E-state index is -0.583. The Morgan fingerprint density at radius 3 is 2.26 bits per heavy atom. The molecule has 8 aliphatic rings. The van der Waals surface area contributed by atoms with E-state index in [-0.39, 0.29) is 65.7 Å². The van der Waals surface area contributed by atoms with Crippen LogP contribution in [0.4, 0.5) is 5.69 Å². The van der Waals surface area contributed by atoms with Gasteiger partial charge in [-0.3, -0.25) is 19.3 Å². The maximum Gasteiger partial charge on any atom is 0.338 e. The molecule has 3 saturated carbocycles. The molecule has 10 atom stereocenters. The van der Waals surface area contributed by atoms with Gasteiger partial charge in [0, 0.05) is 5.41 Å². The molecule has 6 fully saturated rings. The number of anilines is 1. The first-order chi connectivity index (χ1) is 22.0. The lowest BCUT2D eigenvalue weighted by molar-refractivity contribution is -0.198. The summed E-state index contributed by atoms with van der Waals surface area (Å²) < 4.78 is 21.6. The fourth-order valence-electron chi connectivity index (χ4n) is 10.9. The van der Waals surface area contributed by atoms with Gasteiger partial charge in [0.25, 0.3) is 0 Å². The molecule has 3 aliphatic heterocycles. The molecule has 9 rings (SSSR count). The van der Waals surface area contributed by atoms with Crippen LogP contribution in [-0.4, -0.2) is 62.4 Å². The van der Waals surface area contributed by atoms with E-state index >= 15 is 0 Å². The van der Waals surface area contributed by atoms with Crippen LogP contribution < -0.4 is 4.90 Å². The van der Waals surface area contributed by atoms with Crippen molar-refractivity contribution in [1.82, 2.24) is 0 Å². The second kappa shape index (κ2) is 10.5. The minimum absolute atomic E-state index is 0.0139. The number of rotatable bonds is 8. The van der Waals surface area contributed by atoms with Crippen LogP contribution in [0, 0.1) is 51.8 Å². The van der Waals surface area contributed by atoms with Crippen molar-refractivity contribution in [1.29, 1.82) is 0 Å². The maximum atomic E-state index is 14.6. The summed E-state index contributed by atoms with van der Waals surface area (Å²) in [6.07, 6.45) is 7.65. The van der Waals surface area contributed by atoms with Crippen molar-refractivity contribution in [2.45, 2.75) is 78.4 Å². The van der Waals surface area contributed by atoms with Crippen molar-refractivity contribution in [3.05, 3.63) is 41.5 Å². The summed E-state index contributed by atoms with van der Waals surface area (Å²) >= 11 is 0. The molecule has 5 aliphatic carbocycles. The predicted octanol–water partition coefficient (Wildman–Crippen LogP) is 5.11. The Morgan fingerprint density at radius 2 is 1.61 bits per heavy atom. The minimum Gasteiger partial charge on any atom is -0.462 e. The molecular formula is C37H45NO8. The fourth-order valence-corrected chi connectivity index (χ4v) is 10.9. The van der Waals surface area contributed by atoms with Crippen LogP contribution >= 0.6 is 0 Å². The van der Waals surface area contributed by atoms with E-state index in [0.29, 0.717) is 31.1 Å². The molecule has 1 spiro atoms. The van der Waals surface area contributed by atoms with E-state index in [4.69, 9.17) is 18.9 Å². The molecule has 0 radical (unpaired) electrons. The predicted molar refractivity (Wildman–Crippen MR) is 166 cm³/mol. The first-order valence-electron chi connectivity index (χ1n) is 17.3. The van der Waals surface area contributed by atoms with E-state index in [1.54, 1.807) is 24.3 Å². The van der Waals surface area contributed by atoms with Gasteiger partial charge < -0.3 is 18.9 Å². The Bertz CT molecular complexity index is 1510. The third kappa shape index (κ3) is 4.40. The third-order valence-corrected chi connectivity index (χ3v) is 13.1. The molecule has 0 aromatic heterocycles.